The summed E-state index contributed by atoms with van der Waals surface area (Å²) in [5.41, 5.74) is 5.61. The van der Waals surface area contributed by atoms with E-state index in [1.165, 1.54) is 19.3 Å². The zero-order valence-corrected chi connectivity index (χ0v) is 25.5. The number of carbonyl (C=O) groups is 2. The number of nitrogens with zero attached hydrogens (tertiary/aromatic N) is 2. The molecule has 1 atom stereocenters. The van der Waals surface area contributed by atoms with Gasteiger partial charge in [-0.3, -0.25) is 9.59 Å². The number of hydrogen-bond donors (Lipinski definition) is 1. The normalized spacial score (nSPS) is 14.3. The quantitative estimate of drug-likeness (QED) is 0.182. The van der Waals surface area contributed by atoms with Gasteiger partial charge in [-0.15, -0.1) is 0 Å². The van der Waals surface area contributed by atoms with Gasteiger partial charge in [0.1, 0.15) is 11.3 Å². The molecule has 8 nitrogen and oxygen atoms in total. The van der Waals surface area contributed by atoms with Gasteiger partial charge in [-0.05, 0) is 80.6 Å². The highest BCUT2D eigenvalue weighted by molar-refractivity contribution is 5.94. The summed E-state index contributed by atoms with van der Waals surface area (Å²) in [5, 5.41) is 4.87. The van der Waals surface area contributed by atoms with Crippen molar-refractivity contribution in [3.05, 3.63) is 77.7 Å². The molecule has 0 radical (unpaired) electrons. The molecular formula is C35H41N3O5. The fourth-order valence-corrected chi connectivity index (χ4v) is 5.96. The number of benzene rings is 2. The van der Waals surface area contributed by atoms with E-state index in [0.717, 1.165) is 51.9 Å². The Morgan fingerprint density at radius 2 is 1.79 bits per heavy atom. The van der Waals surface area contributed by atoms with Gasteiger partial charge in [-0.2, -0.15) is 0 Å². The fourth-order valence-electron chi connectivity index (χ4n) is 5.96. The molecule has 4 aromatic rings. The Morgan fingerprint density at radius 3 is 2.47 bits per heavy atom. The molecule has 0 aliphatic heterocycles. The molecule has 1 fully saturated rings. The molecule has 2 aromatic carbocycles. The molecule has 1 amide bonds. The van der Waals surface area contributed by atoms with Crippen molar-refractivity contribution in [3.8, 4) is 17.0 Å². The van der Waals surface area contributed by atoms with Gasteiger partial charge in [0.05, 0.1) is 26.2 Å². The van der Waals surface area contributed by atoms with Crippen molar-refractivity contribution in [1.29, 1.82) is 0 Å². The number of aromatic nitrogens is 1. The number of carbonyl (C=O) groups excluding carboxylic acids is 2. The molecule has 1 N–H and O–H groups in total. The smallest absolute Gasteiger partial charge is 0.307 e. The van der Waals surface area contributed by atoms with Crippen LogP contribution in [-0.4, -0.2) is 49.1 Å². The van der Waals surface area contributed by atoms with Gasteiger partial charge < -0.3 is 24.1 Å². The lowest BCUT2D eigenvalue weighted by Gasteiger charge is -2.31. The van der Waals surface area contributed by atoms with Crippen LogP contribution in [0.1, 0.15) is 73.2 Å². The highest BCUT2D eigenvalue weighted by Crippen LogP contribution is 2.41. The number of methoxy groups -OCH3 is 1. The summed E-state index contributed by atoms with van der Waals surface area (Å²) in [6.45, 7) is 4.56. The van der Waals surface area contributed by atoms with Crippen LogP contribution in [-0.2, 0) is 9.53 Å². The molecule has 1 unspecified atom stereocenters. The number of hydrogen-bond acceptors (Lipinski definition) is 7. The van der Waals surface area contributed by atoms with Gasteiger partial charge in [0.2, 0.25) is 5.88 Å². The summed E-state index contributed by atoms with van der Waals surface area (Å²) < 4.78 is 16.8. The first-order valence-electron chi connectivity index (χ1n) is 15.2. The van der Waals surface area contributed by atoms with Gasteiger partial charge in [0, 0.05) is 53.6 Å². The third-order valence-electron chi connectivity index (χ3n) is 8.41. The molecule has 0 saturated heterocycles. The monoisotopic (exact) mass is 583 g/mol. The van der Waals surface area contributed by atoms with Crippen LogP contribution in [0.2, 0.25) is 0 Å². The molecule has 226 valence electrons. The van der Waals surface area contributed by atoms with Gasteiger partial charge in [0.25, 0.3) is 5.91 Å². The predicted molar refractivity (Wildman–Crippen MR) is 168 cm³/mol. The van der Waals surface area contributed by atoms with Crippen LogP contribution >= 0.6 is 0 Å². The van der Waals surface area contributed by atoms with Crippen LogP contribution in [0.4, 0.5) is 5.69 Å². The first-order valence-corrected chi connectivity index (χ1v) is 15.2. The third-order valence-corrected chi connectivity index (χ3v) is 8.41. The number of fused-ring (bicyclic) bond motifs is 1. The summed E-state index contributed by atoms with van der Waals surface area (Å²) >= 11 is 0. The summed E-state index contributed by atoms with van der Waals surface area (Å²) in [6, 6.07) is 17.8. The van der Waals surface area contributed by atoms with Crippen LogP contribution in [0.5, 0.6) is 5.88 Å². The van der Waals surface area contributed by atoms with Crippen molar-refractivity contribution in [1.82, 2.24) is 9.88 Å². The topological polar surface area (TPSA) is 93.9 Å². The Labute approximate surface area is 253 Å². The maximum Gasteiger partial charge on any atom is 0.307 e. The number of aryl methyl sites for hydroxylation is 1. The molecule has 0 spiro atoms. The van der Waals surface area contributed by atoms with Gasteiger partial charge in [-0.25, -0.2) is 4.98 Å². The molecule has 1 saturated carbocycles. The van der Waals surface area contributed by atoms with E-state index in [1.807, 2.05) is 48.7 Å². The molecule has 8 heteroatoms. The maximum atomic E-state index is 13.0. The molecule has 2 heterocycles. The second kappa shape index (κ2) is 13.8. The number of amides is 1. The van der Waals surface area contributed by atoms with Crippen molar-refractivity contribution in [2.24, 2.45) is 5.92 Å². The second-order valence-electron chi connectivity index (χ2n) is 11.3. The van der Waals surface area contributed by atoms with Crippen LogP contribution in [0.15, 0.2) is 65.2 Å². The Hall–Kier alpha value is -4.33. The third kappa shape index (κ3) is 7.01. The highest BCUT2D eigenvalue weighted by atomic mass is 16.5. The standard InChI is InChI=1S/C35H41N3O5/c1-5-42-32(39)19-20-38(3)35(40)25-11-15-28(16-12-25)37-33(24-9-7-6-8-10-24)34-23(2)29-21-26(13-17-30(29)43-34)27-14-18-31(41-4)36-22-27/h11-18,21-22,24,33,37H,5-10,19-20H2,1-4H3. The van der Waals surface area contributed by atoms with E-state index >= 15 is 0 Å². The molecule has 1 aliphatic rings. The van der Waals surface area contributed by atoms with Crippen molar-refractivity contribution in [2.75, 3.05) is 32.6 Å². The molecular weight excluding hydrogens is 542 g/mol. The predicted octanol–water partition coefficient (Wildman–Crippen LogP) is 7.57. The zero-order valence-electron chi connectivity index (χ0n) is 25.5. The number of rotatable bonds is 11. The summed E-state index contributed by atoms with van der Waals surface area (Å²) in [5.74, 6) is 1.56. The molecule has 2 aromatic heterocycles. The Kier molecular flexibility index (Phi) is 9.65. The lowest BCUT2D eigenvalue weighted by atomic mass is 9.82. The van der Waals surface area contributed by atoms with Gasteiger partial charge in [-0.1, -0.05) is 25.3 Å². The molecule has 43 heavy (non-hydrogen) atoms. The Bertz CT molecular complexity index is 1540. The lowest BCUT2D eigenvalue weighted by molar-refractivity contribution is -0.143. The lowest BCUT2D eigenvalue weighted by Crippen LogP contribution is -2.29. The van der Waals surface area contributed by atoms with E-state index in [1.54, 1.807) is 26.0 Å². The minimum atomic E-state index is -0.301. The van der Waals surface area contributed by atoms with Crippen LogP contribution < -0.4 is 10.1 Å². The fraction of sp³-hybridized carbons (Fsp3) is 0.400. The average molecular weight is 584 g/mol. The molecule has 1 aliphatic carbocycles. The van der Waals surface area contributed by atoms with Crippen LogP contribution in [0.3, 0.4) is 0 Å². The number of nitrogens with one attached hydrogen (secondary N) is 1. The van der Waals surface area contributed by atoms with E-state index in [4.69, 9.17) is 13.9 Å². The number of furan rings is 1. The summed E-state index contributed by atoms with van der Waals surface area (Å²) in [7, 11) is 3.32. The number of ether oxygens (including phenoxy) is 2. The van der Waals surface area contributed by atoms with Crippen molar-refractivity contribution >= 4 is 28.5 Å². The Morgan fingerprint density at radius 1 is 1.05 bits per heavy atom. The van der Waals surface area contributed by atoms with Crippen molar-refractivity contribution in [3.63, 3.8) is 0 Å². The van der Waals surface area contributed by atoms with Gasteiger partial charge in [0.15, 0.2) is 0 Å². The summed E-state index contributed by atoms with van der Waals surface area (Å²) in [6.07, 6.45) is 7.97. The molecule has 5 rings (SSSR count). The SMILES string of the molecule is CCOC(=O)CCN(C)C(=O)c1ccc(NC(c2oc3ccc(-c4ccc(OC)nc4)cc3c2C)C2CCCCC2)cc1. The first kappa shape index (κ1) is 30.1. The largest absolute Gasteiger partial charge is 0.481 e. The summed E-state index contributed by atoms with van der Waals surface area (Å²) in [4.78, 5) is 30.6. The van der Waals surface area contributed by atoms with E-state index in [2.05, 4.69) is 29.4 Å². The van der Waals surface area contributed by atoms with E-state index in [-0.39, 0.29) is 24.3 Å². The Balaban J connectivity index is 1.37. The first-order chi connectivity index (χ1) is 20.9. The van der Waals surface area contributed by atoms with Gasteiger partial charge >= 0.3 is 5.97 Å². The number of pyridine rings is 1. The van der Waals surface area contributed by atoms with Crippen LogP contribution in [0.25, 0.3) is 22.1 Å². The molecule has 0 bridgehead atoms. The average Bonchev–Trinajstić information content (AvgIpc) is 3.38. The van der Waals surface area contributed by atoms with Crippen LogP contribution in [0, 0.1) is 12.8 Å². The number of esters is 1. The van der Waals surface area contributed by atoms with Crippen molar-refractivity contribution < 1.29 is 23.5 Å². The second-order valence-corrected chi connectivity index (χ2v) is 11.3. The van der Waals surface area contributed by atoms with E-state index in [9.17, 15) is 9.59 Å². The van der Waals surface area contributed by atoms with E-state index in [0.29, 0.717) is 30.5 Å². The van der Waals surface area contributed by atoms with E-state index < -0.39 is 0 Å². The minimum absolute atomic E-state index is 0.00704. The zero-order chi connectivity index (χ0) is 30.3. The van der Waals surface area contributed by atoms with Crippen molar-refractivity contribution in [2.45, 2.75) is 58.4 Å². The highest BCUT2D eigenvalue weighted by Gasteiger charge is 2.30. The maximum absolute atomic E-state index is 13.0. The number of anilines is 1. The minimum Gasteiger partial charge on any atom is -0.481 e.